The Balaban J connectivity index is 1.92. The van der Waals surface area contributed by atoms with Gasteiger partial charge in [0, 0.05) is 24.5 Å². The Hall–Kier alpha value is -1.87. The molecule has 0 fully saturated rings. The molecule has 1 aromatic carbocycles. The van der Waals surface area contributed by atoms with Crippen molar-refractivity contribution in [2.45, 2.75) is 32.7 Å². The first-order chi connectivity index (χ1) is 9.65. The molecular formula is C17H21N3. The van der Waals surface area contributed by atoms with Gasteiger partial charge in [0.25, 0.3) is 0 Å². The molecule has 0 saturated heterocycles. The lowest BCUT2D eigenvalue weighted by atomic mass is 10.1. The number of hydrogen-bond acceptors (Lipinski definition) is 3. The largest absolute Gasteiger partial charge is 0.328 e. The van der Waals surface area contributed by atoms with E-state index in [0.29, 0.717) is 0 Å². The van der Waals surface area contributed by atoms with Crippen molar-refractivity contribution in [1.29, 1.82) is 0 Å². The Morgan fingerprint density at radius 3 is 2.90 bits per heavy atom. The first-order valence-corrected chi connectivity index (χ1v) is 7.21. The summed E-state index contributed by atoms with van der Waals surface area (Å²) in [4.78, 5) is 7.00. The molecule has 2 heterocycles. The third-order valence-electron chi connectivity index (χ3n) is 3.81. The van der Waals surface area contributed by atoms with E-state index in [2.05, 4.69) is 47.1 Å². The zero-order valence-electron chi connectivity index (χ0n) is 12.1. The summed E-state index contributed by atoms with van der Waals surface area (Å²) < 4.78 is 0. The maximum Gasteiger partial charge on any atom is 0.135 e. The lowest BCUT2D eigenvalue weighted by Crippen LogP contribution is -2.19. The van der Waals surface area contributed by atoms with E-state index in [1.807, 2.05) is 13.1 Å². The van der Waals surface area contributed by atoms with Crippen LogP contribution in [-0.2, 0) is 12.8 Å². The Labute approximate surface area is 120 Å². The van der Waals surface area contributed by atoms with Crippen molar-refractivity contribution < 1.29 is 0 Å². The second-order valence-electron chi connectivity index (χ2n) is 5.70. The van der Waals surface area contributed by atoms with Crippen molar-refractivity contribution in [3.63, 3.8) is 0 Å². The van der Waals surface area contributed by atoms with Gasteiger partial charge in [-0.3, -0.25) is 0 Å². The van der Waals surface area contributed by atoms with Gasteiger partial charge in [-0.25, -0.2) is 4.98 Å². The van der Waals surface area contributed by atoms with Gasteiger partial charge < -0.3 is 10.6 Å². The number of benzene rings is 1. The van der Waals surface area contributed by atoms with Gasteiger partial charge >= 0.3 is 0 Å². The van der Waals surface area contributed by atoms with Crippen molar-refractivity contribution in [2.75, 3.05) is 11.4 Å². The molecule has 1 unspecified atom stereocenters. The first kappa shape index (κ1) is 13.1. The Bertz CT molecular complexity index is 619. The molecule has 104 valence electrons. The Morgan fingerprint density at radius 2 is 2.15 bits per heavy atom. The number of anilines is 2. The third kappa shape index (κ3) is 2.41. The van der Waals surface area contributed by atoms with E-state index < -0.39 is 0 Å². The fourth-order valence-electron chi connectivity index (χ4n) is 2.95. The number of aryl methyl sites for hydroxylation is 1. The summed E-state index contributed by atoms with van der Waals surface area (Å²) in [6, 6.07) is 11.0. The van der Waals surface area contributed by atoms with Gasteiger partial charge in [0.15, 0.2) is 0 Å². The van der Waals surface area contributed by atoms with Crippen LogP contribution in [0.1, 0.15) is 23.6 Å². The van der Waals surface area contributed by atoms with Crippen LogP contribution in [0, 0.1) is 6.92 Å². The molecule has 0 bridgehead atoms. The molecule has 0 aliphatic carbocycles. The summed E-state index contributed by atoms with van der Waals surface area (Å²) in [5.74, 6) is 1.07. The summed E-state index contributed by atoms with van der Waals surface area (Å²) in [6.07, 6.45) is 3.94. The van der Waals surface area contributed by atoms with E-state index >= 15 is 0 Å². The van der Waals surface area contributed by atoms with Crippen LogP contribution in [0.4, 0.5) is 11.5 Å². The highest BCUT2D eigenvalue weighted by Gasteiger charge is 2.22. The smallest absolute Gasteiger partial charge is 0.135 e. The number of fused-ring (bicyclic) bond motifs is 1. The van der Waals surface area contributed by atoms with E-state index in [4.69, 9.17) is 5.73 Å². The summed E-state index contributed by atoms with van der Waals surface area (Å²) >= 11 is 0. The van der Waals surface area contributed by atoms with E-state index in [-0.39, 0.29) is 6.04 Å². The molecular weight excluding hydrogens is 246 g/mol. The van der Waals surface area contributed by atoms with E-state index in [0.717, 1.165) is 25.2 Å². The maximum absolute atomic E-state index is 5.86. The maximum atomic E-state index is 5.86. The number of rotatable bonds is 3. The van der Waals surface area contributed by atoms with Crippen LogP contribution in [0.2, 0.25) is 0 Å². The van der Waals surface area contributed by atoms with Crippen molar-refractivity contribution in [1.82, 2.24) is 4.98 Å². The molecule has 1 aliphatic heterocycles. The fourth-order valence-corrected chi connectivity index (χ4v) is 2.95. The minimum Gasteiger partial charge on any atom is -0.328 e. The van der Waals surface area contributed by atoms with Gasteiger partial charge in [-0.05, 0) is 49.4 Å². The SMILES string of the molecule is Cc1cc(CC(C)N)cnc1N1CCc2ccccc21. The molecule has 0 spiro atoms. The first-order valence-electron chi connectivity index (χ1n) is 7.21. The third-order valence-corrected chi connectivity index (χ3v) is 3.81. The fraction of sp³-hybridized carbons (Fsp3) is 0.353. The Morgan fingerprint density at radius 1 is 1.35 bits per heavy atom. The second-order valence-corrected chi connectivity index (χ2v) is 5.70. The number of hydrogen-bond donors (Lipinski definition) is 1. The molecule has 0 saturated carbocycles. The zero-order chi connectivity index (χ0) is 14.1. The Kier molecular flexibility index (Phi) is 3.45. The molecule has 1 aliphatic rings. The predicted octanol–water partition coefficient (Wildman–Crippen LogP) is 2.97. The molecule has 3 heteroatoms. The van der Waals surface area contributed by atoms with Crippen LogP contribution in [0.5, 0.6) is 0 Å². The molecule has 0 radical (unpaired) electrons. The predicted molar refractivity (Wildman–Crippen MR) is 83.5 cm³/mol. The molecule has 0 amide bonds. The van der Waals surface area contributed by atoms with Gasteiger partial charge in [0.2, 0.25) is 0 Å². The lowest BCUT2D eigenvalue weighted by Gasteiger charge is -2.21. The molecule has 2 N–H and O–H groups in total. The van der Waals surface area contributed by atoms with E-state index in [9.17, 15) is 0 Å². The highest BCUT2D eigenvalue weighted by Crippen LogP contribution is 2.34. The van der Waals surface area contributed by atoms with Crippen molar-refractivity contribution in [3.05, 3.63) is 53.2 Å². The molecule has 3 nitrogen and oxygen atoms in total. The number of nitrogens with two attached hydrogens (primary N) is 1. The van der Waals surface area contributed by atoms with Gasteiger partial charge in [-0.1, -0.05) is 24.3 Å². The van der Waals surface area contributed by atoms with Crippen molar-refractivity contribution in [2.24, 2.45) is 5.73 Å². The number of aromatic nitrogens is 1. The monoisotopic (exact) mass is 267 g/mol. The molecule has 2 aromatic rings. The minimum atomic E-state index is 0.176. The normalized spacial score (nSPS) is 15.2. The molecule has 1 aromatic heterocycles. The van der Waals surface area contributed by atoms with Gasteiger partial charge in [0.05, 0.1) is 0 Å². The van der Waals surface area contributed by atoms with Gasteiger partial charge in [-0.15, -0.1) is 0 Å². The zero-order valence-corrected chi connectivity index (χ0v) is 12.1. The van der Waals surface area contributed by atoms with E-state index in [1.165, 1.54) is 22.4 Å². The minimum absolute atomic E-state index is 0.176. The average Bonchev–Trinajstić information content (AvgIpc) is 2.82. The standard InChI is InChI=1S/C17H21N3/c1-12-9-14(10-13(2)18)11-19-17(12)20-8-7-15-5-3-4-6-16(15)20/h3-6,9,11,13H,7-8,10,18H2,1-2H3. The molecule has 20 heavy (non-hydrogen) atoms. The van der Waals surface area contributed by atoms with Crippen molar-refractivity contribution in [3.8, 4) is 0 Å². The van der Waals surface area contributed by atoms with Crippen LogP contribution < -0.4 is 10.6 Å². The van der Waals surface area contributed by atoms with Gasteiger partial charge in [-0.2, -0.15) is 0 Å². The van der Waals surface area contributed by atoms with Crippen LogP contribution in [-0.4, -0.2) is 17.6 Å². The highest BCUT2D eigenvalue weighted by molar-refractivity contribution is 5.69. The topological polar surface area (TPSA) is 42.1 Å². The lowest BCUT2D eigenvalue weighted by molar-refractivity contribution is 0.734. The van der Waals surface area contributed by atoms with Gasteiger partial charge in [0.1, 0.15) is 5.82 Å². The molecule has 1 atom stereocenters. The number of pyridine rings is 1. The van der Waals surface area contributed by atoms with Crippen LogP contribution >= 0.6 is 0 Å². The number of para-hydroxylation sites is 1. The number of nitrogens with zero attached hydrogens (tertiary/aromatic N) is 2. The van der Waals surface area contributed by atoms with Crippen LogP contribution in [0.25, 0.3) is 0 Å². The van der Waals surface area contributed by atoms with E-state index in [1.54, 1.807) is 0 Å². The summed E-state index contributed by atoms with van der Waals surface area (Å²) in [5, 5.41) is 0. The molecule has 3 rings (SSSR count). The average molecular weight is 267 g/mol. The summed E-state index contributed by atoms with van der Waals surface area (Å²) in [7, 11) is 0. The summed E-state index contributed by atoms with van der Waals surface area (Å²) in [5.41, 5.74) is 11.0. The quantitative estimate of drug-likeness (QED) is 0.929. The highest BCUT2D eigenvalue weighted by atomic mass is 15.2. The van der Waals surface area contributed by atoms with Crippen LogP contribution in [0.3, 0.4) is 0 Å². The van der Waals surface area contributed by atoms with Crippen LogP contribution in [0.15, 0.2) is 36.5 Å². The summed E-state index contributed by atoms with van der Waals surface area (Å²) in [6.45, 7) is 5.17. The van der Waals surface area contributed by atoms with Crippen molar-refractivity contribution >= 4 is 11.5 Å². The second kappa shape index (κ2) is 5.25.